The van der Waals surface area contributed by atoms with Crippen LogP contribution in [0.5, 0.6) is 11.8 Å². The average molecular weight is 399 g/mol. The van der Waals surface area contributed by atoms with Crippen LogP contribution in [0.15, 0.2) is 35.5 Å². The van der Waals surface area contributed by atoms with Crippen LogP contribution in [0.3, 0.4) is 0 Å². The molecule has 0 amide bonds. The molecule has 0 saturated heterocycles. The van der Waals surface area contributed by atoms with Gasteiger partial charge in [0.15, 0.2) is 0 Å². The Morgan fingerprint density at radius 1 is 1.31 bits per heavy atom. The predicted octanol–water partition coefficient (Wildman–Crippen LogP) is 3.16. The van der Waals surface area contributed by atoms with Gasteiger partial charge in [-0.05, 0) is 37.1 Å². The highest BCUT2D eigenvalue weighted by Crippen LogP contribution is 2.42. The summed E-state index contributed by atoms with van der Waals surface area (Å²) in [5, 5.41) is 30.1. The zero-order chi connectivity index (χ0) is 19.3. The summed E-state index contributed by atoms with van der Waals surface area (Å²) in [6, 6.07) is 5.36. The van der Waals surface area contributed by atoms with Crippen LogP contribution >= 0.6 is 21.6 Å². The van der Waals surface area contributed by atoms with Gasteiger partial charge in [-0.1, -0.05) is 10.8 Å². The maximum absolute atomic E-state index is 11.9. The first-order chi connectivity index (χ1) is 12.2. The monoisotopic (exact) mass is 399 g/mol. The molecule has 2 aromatic heterocycles. The number of hydrogen-bond donors (Lipinski definition) is 2. The third-order valence-electron chi connectivity index (χ3n) is 3.21. The van der Waals surface area contributed by atoms with Crippen molar-refractivity contribution in [3.63, 3.8) is 0 Å². The number of aromatic nitrogens is 2. The molecule has 0 radical (unpaired) electrons. The molecule has 140 valence electrons. The van der Waals surface area contributed by atoms with Crippen LogP contribution in [0.2, 0.25) is 0 Å². The number of nitro groups is 1. The number of aromatic hydroxyl groups is 2. The smallest absolute Gasteiger partial charge is 0.333 e. The van der Waals surface area contributed by atoms with E-state index in [1.807, 2.05) is 13.8 Å². The number of nitrogens with zero attached hydrogens (tertiary/aromatic N) is 3. The van der Waals surface area contributed by atoms with E-state index in [1.54, 1.807) is 6.07 Å². The zero-order valence-corrected chi connectivity index (χ0v) is 15.6. The number of carbonyl (C=O) groups is 1. The van der Waals surface area contributed by atoms with Crippen molar-refractivity contribution in [2.75, 3.05) is 0 Å². The first-order valence-electron chi connectivity index (χ1n) is 7.45. The largest absolute Gasteiger partial charge is 0.492 e. The van der Waals surface area contributed by atoms with Crippen LogP contribution in [-0.4, -0.2) is 35.6 Å². The van der Waals surface area contributed by atoms with E-state index in [-0.39, 0.29) is 28.6 Å². The number of carbonyl (C=O) groups excluding carboxylic acids is 1. The normalized spacial score (nSPS) is 11.3. The van der Waals surface area contributed by atoms with Gasteiger partial charge in [0.1, 0.15) is 11.2 Å². The summed E-state index contributed by atoms with van der Waals surface area (Å²) in [5.74, 6) is -1.34. The standard InChI is InChI=1S/C15H17N3O6S2/c1-15(2,26-25-11-4-3-10(9-16-11)18(22)23)8-7-14(21)24-17-12(19)5-6-13(17)20/h3-6,9,19-20H,7-8H2,1-2H3. The van der Waals surface area contributed by atoms with E-state index >= 15 is 0 Å². The lowest BCUT2D eigenvalue weighted by molar-refractivity contribution is -0.385. The lowest BCUT2D eigenvalue weighted by Gasteiger charge is -2.22. The highest BCUT2D eigenvalue weighted by Gasteiger charge is 2.23. The summed E-state index contributed by atoms with van der Waals surface area (Å²) in [6.45, 7) is 3.88. The minimum Gasteiger partial charge on any atom is -0.492 e. The lowest BCUT2D eigenvalue weighted by atomic mass is 10.1. The first-order valence-corrected chi connectivity index (χ1v) is 9.60. The average Bonchev–Trinajstić information content (AvgIpc) is 2.91. The van der Waals surface area contributed by atoms with Gasteiger partial charge in [-0.2, -0.15) is 0 Å². The van der Waals surface area contributed by atoms with E-state index < -0.39 is 10.9 Å². The summed E-state index contributed by atoms with van der Waals surface area (Å²) < 4.78 is 0.339. The summed E-state index contributed by atoms with van der Waals surface area (Å²) in [5.41, 5.74) is -0.0714. The molecular formula is C15H17N3O6S2. The molecule has 9 nitrogen and oxygen atoms in total. The molecule has 2 aromatic rings. The van der Waals surface area contributed by atoms with E-state index in [0.717, 1.165) is 0 Å². The Kier molecular flexibility index (Phi) is 6.37. The molecule has 0 atom stereocenters. The van der Waals surface area contributed by atoms with Gasteiger partial charge in [-0.15, -0.1) is 4.73 Å². The van der Waals surface area contributed by atoms with Gasteiger partial charge in [0.2, 0.25) is 11.8 Å². The molecule has 0 fully saturated rings. The summed E-state index contributed by atoms with van der Waals surface area (Å²) in [7, 11) is 2.83. The maximum atomic E-state index is 11.9. The third kappa shape index (κ3) is 5.56. The molecule has 0 unspecified atom stereocenters. The highest BCUT2D eigenvalue weighted by molar-refractivity contribution is 8.77. The summed E-state index contributed by atoms with van der Waals surface area (Å²) in [6.07, 6.45) is 1.74. The molecule has 2 N–H and O–H groups in total. The molecule has 0 aromatic carbocycles. The summed E-state index contributed by atoms with van der Waals surface area (Å²) in [4.78, 5) is 30.9. The number of hydrogen-bond acceptors (Lipinski definition) is 9. The van der Waals surface area contributed by atoms with E-state index in [4.69, 9.17) is 4.84 Å². The molecule has 2 rings (SSSR count). The Hall–Kier alpha value is -2.40. The van der Waals surface area contributed by atoms with Crippen LogP contribution in [-0.2, 0) is 4.79 Å². The second kappa shape index (κ2) is 8.32. The van der Waals surface area contributed by atoms with Crippen molar-refractivity contribution in [3.05, 3.63) is 40.6 Å². The van der Waals surface area contributed by atoms with Crippen molar-refractivity contribution < 1.29 is 24.8 Å². The van der Waals surface area contributed by atoms with Crippen molar-refractivity contribution >= 4 is 33.2 Å². The van der Waals surface area contributed by atoms with E-state index in [0.29, 0.717) is 16.2 Å². The van der Waals surface area contributed by atoms with Crippen LogP contribution in [0.25, 0.3) is 0 Å². The van der Waals surface area contributed by atoms with Crippen molar-refractivity contribution in [3.8, 4) is 11.8 Å². The maximum Gasteiger partial charge on any atom is 0.333 e. The van der Waals surface area contributed by atoms with Gasteiger partial charge in [0, 0.05) is 29.4 Å². The van der Waals surface area contributed by atoms with Gasteiger partial charge in [-0.3, -0.25) is 10.1 Å². The quantitative estimate of drug-likeness (QED) is 0.391. The fraction of sp³-hybridized carbons (Fsp3) is 0.333. The molecule has 0 bridgehead atoms. The van der Waals surface area contributed by atoms with Crippen LogP contribution in [0.1, 0.15) is 26.7 Å². The van der Waals surface area contributed by atoms with E-state index in [9.17, 15) is 25.1 Å². The lowest BCUT2D eigenvalue weighted by Crippen LogP contribution is -2.22. The third-order valence-corrected chi connectivity index (χ3v) is 6.47. The van der Waals surface area contributed by atoms with Gasteiger partial charge in [0.25, 0.3) is 5.69 Å². The second-order valence-corrected chi connectivity index (χ2v) is 8.70. The second-order valence-electron chi connectivity index (χ2n) is 5.85. The van der Waals surface area contributed by atoms with Gasteiger partial charge >= 0.3 is 5.97 Å². The topological polar surface area (TPSA) is 128 Å². The van der Waals surface area contributed by atoms with Gasteiger partial charge in [-0.25, -0.2) is 9.78 Å². The Morgan fingerprint density at radius 3 is 2.50 bits per heavy atom. The minimum absolute atomic E-state index is 0.0714. The molecule has 0 saturated carbocycles. The first kappa shape index (κ1) is 19.9. The van der Waals surface area contributed by atoms with Crippen LogP contribution in [0.4, 0.5) is 5.69 Å². The van der Waals surface area contributed by atoms with Crippen molar-refractivity contribution in [1.29, 1.82) is 0 Å². The van der Waals surface area contributed by atoms with Crippen molar-refractivity contribution in [1.82, 2.24) is 9.71 Å². The molecule has 11 heteroatoms. The molecule has 0 aliphatic carbocycles. The van der Waals surface area contributed by atoms with E-state index in [2.05, 4.69) is 4.98 Å². The number of rotatable bonds is 8. The highest BCUT2D eigenvalue weighted by atomic mass is 33.1. The predicted molar refractivity (Wildman–Crippen MR) is 97.0 cm³/mol. The molecular weight excluding hydrogens is 382 g/mol. The van der Waals surface area contributed by atoms with Gasteiger partial charge in [0.05, 0.1) is 4.92 Å². The Bertz CT molecular complexity index is 772. The molecule has 2 heterocycles. The minimum atomic E-state index is -0.598. The SMILES string of the molecule is CC(C)(CCC(=O)On1c(O)ccc1O)SSc1ccc([N+](=O)[O-])cn1. The Morgan fingerprint density at radius 2 is 1.96 bits per heavy atom. The van der Waals surface area contributed by atoms with Crippen molar-refractivity contribution in [2.24, 2.45) is 0 Å². The zero-order valence-electron chi connectivity index (χ0n) is 14.0. The van der Waals surface area contributed by atoms with Crippen LogP contribution < -0.4 is 4.84 Å². The van der Waals surface area contributed by atoms with Crippen molar-refractivity contribution in [2.45, 2.75) is 36.5 Å². The Balaban J connectivity index is 1.82. The van der Waals surface area contributed by atoms with Gasteiger partial charge < -0.3 is 15.1 Å². The summed E-state index contributed by atoms with van der Waals surface area (Å²) >= 11 is 0. The fourth-order valence-electron chi connectivity index (χ4n) is 1.77. The molecule has 0 aliphatic rings. The van der Waals surface area contributed by atoms with E-state index in [1.165, 1.54) is 46.0 Å². The fourth-order valence-corrected chi connectivity index (χ4v) is 3.97. The molecule has 26 heavy (non-hydrogen) atoms. The molecule has 0 aliphatic heterocycles. The van der Waals surface area contributed by atoms with Crippen LogP contribution in [0, 0.1) is 10.1 Å². The molecule has 0 spiro atoms. The Labute approximate surface area is 156 Å². The number of pyridine rings is 1.